The molecule has 0 radical (unpaired) electrons. The highest BCUT2D eigenvalue weighted by atomic mass is 16.5. The number of rotatable bonds is 3. The number of nitrogen functional groups attached to an aromatic ring is 1. The van der Waals surface area contributed by atoms with E-state index < -0.39 is 5.97 Å². The van der Waals surface area contributed by atoms with Crippen LogP contribution in [0.2, 0.25) is 0 Å². The highest BCUT2D eigenvalue weighted by Gasteiger charge is 2.22. The molecule has 0 atom stereocenters. The molecule has 2 aromatic rings. The quantitative estimate of drug-likeness (QED) is 0.870. The molecule has 1 saturated heterocycles. The van der Waals surface area contributed by atoms with E-state index >= 15 is 0 Å². The Balaban J connectivity index is 1.93. The van der Waals surface area contributed by atoms with E-state index in [-0.39, 0.29) is 16.9 Å². The zero-order valence-electron chi connectivity index (χ0n) is 14.5. The van der Waals surface area contributed by atoms with Gasteiger partial charge in [0.15, 0.2) is 5.69 Å². The number of carbonyl (C=O) groups excluding carboxylic acids is 1. The van der Waals surface area contributed by atoms with Crippen LogP contribution in [0.3, 0.4) is 0 Å². The smallest absolute Gasteiger partial charge is 0.357 e. The summed E-state index contributed by atoms with van der Waals surface area (Å²) in [5.41, 5.74) is 8.45. The number of piperidine rings is 1. The van der Waals surface area contributed by atoms with Crippen LogP contribution in [-0.4, -0.2) is 30.7 Å². The number of nitrogens with two attached hydrogens (primary N) is 1. The number of methoxy groups -OCH3 is 1. The average Bonchev–Trinajstić information content (AvgIpc) is 2.98. The number of esters is 1. The van der Waals surface area contributed by atoms with Gasteiger partial charge in [0.05, 0.1) is 18.4 Å². The number of hydrogen-bond donors (Lipinski definition) is 1. The van der Waals surface area contributed by atoms with Crippen LogP contribution in [-0.2, 0) is 4.74 Å². The van der Waals surface area contributed by atoms with E-state index in [2.05, 4.69) is 11.8 Å². The summed E-state index contributed by atoms with van der Waals surface area (Å²) >= 11 is 0. The molecular formula is C19H22N4O2. The minimum absolute atomic E-state index is 0.142. The third-order valence-corrected chi connectivity index (χ3v) is 4.82. The molecule has 2 N–H and O–H groups in total. The van der Waals surface area contributed by atoms with E-state index in [0.717, 1.165) is 30.4 Å². The highest BCUT2D eigenvalue weighted by Crippen LogP contribution is 2.27. The number of aromatic nitrogens is 1. The van der Waals surface area contributed by atoms with Crippen molar-refractivity contribution in [2.24, 2.45) is 5.92 Å². The van der Waals surface area contributed by atoms with Crippen molar-refractivity contribution in [3.05, 3.63) is 41.7 Å². The van der Waals surface area contributed by atoms with Gasteiger partial charge in [0.25, 0.3) is 0 Å². The molecular weight excluding hydrogens is 316 g/mol. The molecule has 1 aliphatic rings. The molecule has 1 aromatic heterocycles. The third kappa shape index (κ3) is 3.18. The minimum Gasteiger partial charge on any atom is -0.464 e. The Labute approximate surface area is 147 Å². The Hall–Kier alpha value is -2.94. The van der Waals surface area contributed by atoms with E-state index in [1.165, 1.54) is 20.0 Å². The molecule has 0 unspecified atom stereocenters. The fourth-order valence-corrected chi connectivity index (χ4v) is 3.21. The highest BCUT2D eigenvalue weighted by molar-refractivity contribution is 5.95. The Morgan fingerprint density at radius 1 is 1.24 bits per heavy atom. The Morgan fingerprint density at radius 3 is 2.40 bits per heavy atom. The van der Waals surface area contributed by atoms with Crippen LogP contribution in [0, 0.1) is 17.2 Å². The lowest BCUT2D eigenvalue weighted by atomic mass is 9.99. The first kappa shape index (κ1) is 16.9. The van der Waals surface area contributed by atoms with Crippen molar-refractivity contribution < 1.29 is 9.53 Å². The Morgan fingerprint density at radius 2 is 1.84 bits per heavy atom. The molecule has 6 nitrogen and oxygen atoms in total. The lowest BCUT2D eigenvalue weighted by Crippen LogP contribution is -2.32. The number of nitriles is 1. The Kier molecular flexibility index (Phi) is 4.66. The average molecular weight is 338 g/mol. The summed E-state index contributed by atoms with van der Waals surface area (Å²) in [5, 5.41) is 9.19. The fraction of sp³-hybridized carbons (Fsp3) is 0.368. The van der Waals surface area contributed by atoms with E-state index in [1.807, 2.05) is 30.3 Å². The monoisotopic (exact) mass is 338 g/mol. The summed E-state index contributed by atoms with van der Waals surface area (Å²) < 4.78 is 6.42. The van der Waals surface area contributed by atoms with Gasteiger partial charge in [-0.1, -0.05) is 6.92 Å². The van der Waals surface area contributed by atoms with E-state index in [1.54, 1.807) is 10.8 Å². The van der Waals surface area contributed by atoms with Crippen LogP contribution in [0.5, 0.6) is 0 Å². The van der Waals surface area contributed by atoms with Crippen LogP contribution in [0.1, 0.15) is 35.8 Å². The number of hydrogen-bond acceptors (Lipinski definition) is 5. The van der Waals surface area contributed by atoms with Gasteiger partial charge in [-0.15, -0.1) is 0 Å². The van der Waals surface area contributed by atoms with Crippen LogP contribution < -0.4 is 10.6 Å². The zero-order valence-corrected chi connectivity index (χ0v) is 14.5. The number of anilines is 2. The first-order valence-corrected chi connectivity index (χ1v) is 8.39. The van der Waals surface area contributed by atoms with E-state index in [0.29, 0.717) is 0 Å². The largest absolute Gasteiger partial charge is 0.464 e. The summed E-state index contributed by atoms with van der Waals surface area (Å²) in [6.45, 7) is 4.41. The second kappa shape index (κ2) is 6.89. The maximum Gasteiger partial charge on any atom is 0.357 e. The van der Waals surface area contributed by atoms with Crippen molar-refractivity contribution in [1.29, 1.82) is 5.26 Å². The van der Waals surface area contributed by atoms with Gasteiger partial charge in [-0.3, -0.25) is 0 Å². The predicted molar refractivity (Wildman–Crippen MR) is 96.8 cm³/mol. The van der Waals surface area contributed by atoms with Gasteiger partial charge in [-0.25, -0.2) is 4.79 Å². The maximum atomic E-state index is 12.1. The molecule has 1 aliphatic heterocycles. The van der Waals surface area contributed by atoms with Gasteiger partial charge in [-0.2, -0.15) is 5.26 Å². The molecule has 0 aliphatic carbocycles. The minimum atomic E-state index is -0.562. The van der Waals surface area contributed by atoms with Crippen LogP contribution in [0.4, 0.5) is 11.4 Å². The van der Waals surface area contributed by atoms with Crippen molar-refractivity contribution >= 4 is 17.3 Å². The van der Waals surface area contributed by atoms with Crippen molar-refractivity contribution in [1.82, 2.24) is 4.57 Å². The molecule has 25 heavy (non-hydrogen) atoms. The van der Waals surface area contributed by atoms with Crippen LogP contribution in [0.15, 0.2) is 30.5 Å². The molecule has 1 fully saturated rings. The molecule has 1 aromatic carbocycles. The molecule has 0 spiro atoms. The van der Waals surface area contributed by atoms with Gasteiger partial charge in [0, 0.05) is 30.7 Å². The molecule has 0 amide bonds. The molecule has 3 rings (SSSR count). The standard InChI is InChI=1S/C19H22N4O2/c1-13-7-9-22(10-8-13)15-3-5-16(6-4-15)23-12-14(11-20)17(21)18(23)19(24)25-2/h3-6,12-13H,7-10,21H2,1-2H3. The SMILES string of the molecule is COC(=O)c1c(N)c(C#N)cn1-c1ccc(N2CCC(C)CC2)cc1. The second-order valence-electron chi connectivity index (χ2n) is 6.46. The molecule has 2 heterocycles. The van der Waals surface area contributed by atoms with Crippen molar-refractivity contribution in [2.75, 3.05) is 30.8 Å². The lowest BCUT2D eigenvalue weighted by Gasteiger charge is -2.32. The van der Waals surface area contributed by atoms with Gasteiger partial charge in [0.2, 0.25) is 0 Å². The van der Waals surface area contributed by atoms with Gasteiger partial charge in [0.1, 0.15) is 6.07 Å². The normalized spacial score (nSPS) is 15.0. The van der Waals surface area contributed by atoms with Gasteiger partial charge < -0.3 is 19.9 Å². The van der Waals surface area contributed by atoms with Crippen molar-refractivity contribution in [3.8, 4) is 11.8 Å². The lowest BCUT2D eigenvalue weighted by molar-refractivity contribution is 0.0593. The van der Waals surface area contributed by atoms with Gasteiger partial charge in [-0.05, 0) is 43.0 Å². The van der Waals surface area contributed by atoms with E-state index in [4.69, 9.17) is 10.5 Å². The van der Waals surface area contributed by atoms with Crippen molar-refractivity contribution in [2.45, 2.75) is 19.8 Å². The summed E-state index contributed by atoms with van der Waals surface area (Å²) in [6, 6.07) is 9.94. The number of benzene rings is 1. The molecule has 130 valence electrons. The number of ether oxygens (including phenoxy) is 1. The van der Waals surface area contributed by atoms with Crippen LogP contribution >= 0.6 is 0 Å². The van der Waals surface area contributed by atoms with Gasteiger partial charge >= 0.3 is 5.97 Å². The summed E-state index contributed by atoms with van der Waals surface area (Å²) in [4.78, 5) is 14.4. The topological polar surface area (TPSA) is 84.3 Å². The second-order valence-corrected chi connectivity index (χ2v) is 6.46. The zero-order chi connectivity index (χ0) is 18.0. The van der Waals surface area contributed by atoms with E-state index in [9.17, 15) is 10.1 Å². The Bertz CT molecular complexity index is 809. The first-order chi connectivity index (χ1) is 12.0. The number of nitrogens with zero attached hydrogens (tertiary/aromatic N) is 3. The molecule has 0 saturated carbocycles. The predicted octanol–water partition coefficient (Wildman–Crippen LogP) is 2.95. The van der Waals surface area contributed by atoms with Crippen molar-refractivity contribution in [3.63, 3.8) is 0 Å². The molecule has 0 bridgehead atoms. The number of carbonyl (C=O) groups is 1. The molecule has 6 heteroatoms. The summed E-state index contributed by atoms with van der Waals surface area (Å²) in [5.74, 6) is 0.221. The van der Waals surface area contributed by atoms with Crippen LogP contribution in [0.25, 0.3) is 5.69 Å². The summed E-state index contributed by atoms with van der Waals surface area (Å²) in [6.07, 6.45) is 3.97. The first-order valence-electron chi connectivity index (χ1n) is 8.39. The fourth-order valence-electron chi connectivity index (χ4n) is 3.21. The maximum absolute atomic E-state index is 12.1. The summed E-state index contributed by atoms with van der Waals surface area (Å²) in [7, 11) is 1.30. The third-order valence-electron chi connectivity index (χ3n) is 4.82.